The first kappa shape index (κ1) is 20.2. The summed E-state index contributed by atoms with van der Waals surface area (Å²) in [6.07, 6.45) is 1.38. The monoisotopic (exact) mass is 386 g/mol. The molecule has 1 aliphatic carbocycles. The fraction of sp³-hybridized carbons (Fsp3) is 0.348. The first-order valence-electron chi connectivity index (χ1n) is 9.36. The predicted octanol–water partition coefficient (Wildman–Crippen LogP) is 5.19. The molecular weight excluding hydrogens is 362 g/mol. The molecule has 0 aliphatic heterocycles. The Bertz CT molecular complexity index is 814. The summed E-state index contributed by atoms with van der Waals surface area (Å²) in [6.45, 7) is 0.206. The van der Waals surface area contributed by atoms with Crippen LogP contribution in [-0.2, 0) is 27.3 Å². The Labute approximate surface area is 164 Å². The Hall–Kier alpha value is -2.53. The standard InChI is InChI=1S/C23H24F2O3/c1-27-21(22(26)28-16-18-5-3-2-4-6-18)15-17-7-9-19(10-8-17)20-11-13-23(24,25)14-12-20/h2-11,21H,12-16H2,1H3. The van der Waals surface area contributed by atoms with Crippen LogP contribution in [0.5, 0.6) is 0 Å². The average molecular weight is 386 g/mol. The summed E-state index contributed by atoms with van der Waals surface area (Å²) in [5.41, 5.74) is 3.73. The third kappa shape index (κ3) is 5.49. The van der Waals surface area contributed by atoms with Crippen LogP contribution in [0.25, 0.3) is 5.57 Å². The minimum atomic E-state index is -2.59. The van der Waals surface area contributed by atoms with Gasteiger partial charge in [-0.1, -0.05) is 60.7 Å². The van der Waals surface area contributed by atoms with Gasteiger partial charge in [0.15, 0.2) is 6.10 Å². The maximum atomic E-state index is 13.3. The number of hydrogen-bond acceptors (Lipinski definition) is 3. The lowest BCUT2D eigenvalue weighted by molar-refractivity contribution is -0.156. The molecule has 0 amide bonds. The van der Waals surface area contributed by atoms with Crippen LogP contribution in [0.4, 0.5) is 8.78 Å². The number of ether oxygens (including phenoxy) is 2. The Morgan fingerprint density at radius 2 is 1.79 bits per heavy atom. The number of halogens is 2. The van der Waals surface area contributed by atoms with Crippen molar-refractivity contribution in [1.82, 2.24) is 0 Å². The smallest absolute Gasteiger partial charge is 0.335 e. The molecule has 2 aromatic rings. The molecule has 0 heterocycles. The van der Waals surface area contributed by atoms with Crippen LogP contribution in [0.15, 0.2) is 60.7 Å². The Kier molecular flexibility index (Phi) is 6.57. The predicted molar refractivity (Wildman–Crippen MR) is 104 cm³/mol. The molecule has 0 radical (unpaired) electrons. The molecule has 0 saturated carbocycles. The highest BCUT2D eigenvalue weighted by Gasteiger charge is 2.31. The topological polar surface area (TPSA) is 35.5 Å². The second-order valence-electron chi connectivity index (χ2n) is 7.01. The normalized spacial score (nSPS) is 16.9. The van der Waals surface area contributed by atoms with Gasteiger partial charge in [-0.25, -0.2) is 13.6 Å². The van der Waals surface area contributed by atoms with Gasteiger partial charge in [0.1, 0.15) is 6.61 Å². The summed E-state index contributed by atoms with van der Waals surface area (Å²) >= 11 is 0. The van der Waals surface area contributed by atoms with Crippen molar-refractivity contribution in [2.75, 3.05) is 7.11 Å². The van der Waals surface area contributed by atoms with Crippen LogP contribution in [0.2, 0.25) is 0 Å². The van der Waals surface area contributed by atoms with Gasteiger partial charge in [0.25, 0.3) is 5.92 Å². The second kappa shape index (κ2) is 9.11. The number of hydrogen-bond donors (Lipinski definition) is 0. The van der Waals surface area contributed by atoms with Crippen LogP contribution in [0.3, 0.4) is 0 Å². The lowest BCUT2D eigenvalue weighted by Gasteiger charge is -2.21. The van der Waals surface area contributed by atoms with Gasteiger partial charge in [0.05, 0.1) is 0 Å². The van der Waals surface area contributed by atoms with E-state index in [0.717, 1.165) is 22.3 Å². The van der Waals surface area contributed by atoms with Crippen LogP contribution >= 0.6 is 0 Å². The molecule has 0 spiro atoms. The SMILES string of the molecule is COC(Cc1ccc(C2=CCC(F)(F)CC2)cc1)C(=O)OCc1ccccc1. The highest BCUT2D eigenvalue weighted by molar-refractivity contribution is 5.75. The molecule has 0 fully saturated rings. The summed E-state index contributed by atoms with van der Waals surface area (Å²) in [6, 6.07) is 17.1. The summed E-state index contributed by atoms with van der Waals surface area (Å²) in [5, 5.41) is 0. The maximum Gasteiger partial charge on any atom is 0.335 e. The molecule has 2 aromatic carbocycles. The number of rotatable bonds is 7. The van der Waals surface area contributed by atoms with Gasteiger partial charge in [-0.15, -0.1) is 0 Å². The fourth-order valence-corrected chi connectivity index (χ4v) is 3.21. The van der Waals surface area contributed by atoms with Crippen LogP contribution in [0.1, 0.15) is 36.0 Å². The van der Waals surface area contributed by atoms with Crippen molar-refractivity contribution in [2.24, 2.45) is 0 Å². The first-order chi connectivity index (χ1) is 13.5. The Morgan fingerprint density at radius 1 is 1.07 bits per heavy atom. The van der Waals surface area contributed by atoms with Gasteiger partial charge >= 0.3 is 5.97 Å². The van der Waals surface area contributed by atoms with Crippen LogP contribution in [0, 0.1) is 0 Å². The van der Waals surface area contributed by atoms with E-state index < -0.39 is 18.0 Å². The van der Waals surface area contributed by atoms with Gasteiger partial charge in [-0.3, -0.25) is 0 Å². The molecule has 28 heavy (non-hydrogen) atoms. The summed E-state index contributed by atoms with van der Waals surface area (Å²) < 4.78 is 37.2. The number of carbonyl (C=O) groups excluding carboxylic acids is 1. The fourth-order valence-electron chi connectivity index (χ4n) is 3.21. The summed E-state index contributed by atoms with van der Waals surface area (Å²) in [4.78, 5) is 12.3. The van der Waals surface area contributed by atoms with E-state index in [9.17, 15) is 13.6 Å². The molecule has 3 nitrogen and oxygen atoms in total. The molecule has 3 rings (SSSR count). The third-order valence-corrected chi connectivity index (χ3v) is 4.92. The number of esters is 1. The van der Waals surface area contributed by atoms with Crippen molar-refractivity contribution in [2.45, 2.75) is 44.3 Å². The van der Waals surface area contributed by atoms with Crippen molar-refractivity contribution < 1.29 is 23.0 Å². The minimum absolute atomic E-state index is 0.112. The van der Waals surface area contributed by atoms with E-state index in [4.69, 9.17) is 9.47 Å². The molecule has 1 atom stereocenters. The Morgan fingerprint density at radius 3 is 2.39 bits per heavy atom. The molecule has 0 aromatic heterocycles. The van der Waals surface area contributed by atoms with Crippen molar-refractivity contribution in [1.29, 1.82) is 0 Å². The molecule has 1 unspecified atom stereocenters. The van der Waals surface area contributed by atoms with E-state index in [1.54, 1.807) is 6.08 Å². The number of benzene rings is 2. The lowest BCUT2D eigenvalue weighted by Crippen LogP contribution is -2.27. The van der Waals surface area contributed by atoms with Crippen LogP contribution in [-0.4, -0.2) is 25.1 Å². The van der Waals surface area contributed by atoms with Crippen molar-refractivity contribution in [3.63, 3.8) is 0 Å². The molecular formula is C23H24F2O3. The third-order valence-electron chi connectivity index (χ3n) is 4.92. The highest BCUT2D eigenvalue weighted by Crippen LogP contribution is 2.36. The van der Waals surface area contributed by atoms with Crippen molar-refractivity contribution in [3.05, 3.63) is 77.4 Å². The number of methoxy groups -OCH3 is 1. The maximum absolute atomic E-state index is 13.3. The van der Waals surface area contributed by atoms with E-state index in [1.165, 1.54) is 7.11 Å². The molecule has 148 valence electrons. The largest absolute Gasteiger partial charge is 0.459 e. The van der Waals surface area contributed by atoms with Gasteiger partial charge in [0, 0.05) is 26.4 Å². The van der Waals surface area contributed by atoms with Gasteiger partial charge < -0.3 is 9.47 Å². The van der Waals surface area contributed by atoms with E-state index in [0.29, 0.717) is 12.8 Å². The van der Waals surface area contributed by atoms with E-state index >= 15 is 0 Å². The van der Waals surface area contributed by atoms with Crippen molar-refractivity contribution in [3.8, 4) is 0 Å². The minimum Gasteiger partial charge on any atom is -0.459 e. The van der Waals surface area contributed by atoms with E-state index in [-0.39, 0.29) is 19.4 Å². The first-order valence-corrected chi connectivity index (χ1v) is 9.36. The molecule has 0 N–H and O–H groups in total. The second-order valence-corrected chi connectivity index (χ2v) is 7.01. The van der Waals surface area contributed by atoms with Crippen molar-refractivity contribution >= 4 is 11.5 Å². The lowest BCUT2D eigenvalue weighted by atomic mass is 9.91. The molecule has 1 aliphatic rings. The number of carbonyl (C=O) groups is 1. The molecule has 0 saturated heterocycles. The zero-order valence-corrected chi connectivity index (χ0v) is 15.9. The van der Waals surface area contributed by atoms with Gasteiger partial charge in [-0.2, -0.15) is 0 Å². The van der Waals surface area contributed by atoms with Gasteiger partial charge in [-0.05, 0) is 28.7 Å². The van der Waals surface area contributed by atoms with E-state index in [2.05, 4.69) is 0 Å². The average Bonchev–Trinajstić information content (AvgIpc) is 2.71. The summed E-state index contributed by atoms with van der Waals surface area (Å²) in [7, 11) is 1.48. The quantitative estimate of drug-likeness (QED) is 0.615. The highest BCUT2D eigenvalue weighted by atomic mass is 19.3. The molecule has 5 heteroatoms. The van der Waals surface area contributed by atoms with E-state index in [1.807, 2.05) is 54.6 Å². The van der Waals surface area contributed by atoms with Gasteiger partial charge in [0.2, 0.25) is 0 Å². The zero-order chi connectivity index (χ0) is 20.0. The zero-order valence-electron chi connectivity index (χ0n) is 15.9. The number of allylic oxidation sites excluding steroid dienone is 2. The Balaban J connectivity index is 1.57. The number of alkyl halides is 2. The summed E-state index contributed by atoms with van der Waals surface area (Å²) in [5.74, 6) is -3.00. The molecule has 0 bridgehead atoms. The van der Waals surface area contributed by atoms with Crippen LogP contribution < -0.4 is 0 Å².